The smallest absolute Gasteiger partial charge is 0.231 e. The number of hydrogen-bond acceptors (Lipinski definition) is 4. The van der Waals surface area contributed by atoms with Crippen molar-refractivity contribution in [2.24, 2.45) is 0 Å². The van der Waals surface area contributed by atoms with Crippen molar-refractivity contribution in [2.75, 3.05) is 0 Å². The van der Waals surface area contributed by atoms with E-state index in [0.29, 0.717) is 0 Å². The van der Waals surface area contributed by atoms with Gasteiger partial charge in [-0.1, -0.05) is 0 Å². The second-order valence-corrected chi connectivity index (χ2v) is 6.20. The van der Waals surface area contributed by atoms with Crippen LogP contribution < -0.4 is 0 Å². The fourth-order valence-corrected chi connectivity index (χ4v) is 2.85. The Morgan fingerprint density at radius 1 is 1.56 bits per heavy atom. The Morgan fingerprint density at radius 3 is 2.50 bits per heavy atom. The Labute approximate surface area is 108 Å². The van der Waals surface area contributed by atoms with Crippen LogP contribution in [0.3, 0.4) is 0 Å². The Hall–Kier alpha value is -0.530. The molecule has 0 unspecified atom stereocenters. The molecule has 1 heterocycles. The maximum Gasteiger partial charge on any atom is 0.267 e. The van der Waals surface area contributed by atoms with E-state index in [1.165, 1.54) is 6.07 Å². The first kappa shape index (κ1) is 13.5. The van der Waals surface area contributed by atoms with E-state index in [9.17, 15) is 17.2 Å². The van der Waals surface area contributed by atoms with Crippen molar-refractivity contribution in [3.8, 4) is 6.07 Å². The van der Waals surface area contributed by atoms with Crippen LogP contribution in [-0.2, 0) is 9.05 Å². The lowest BCUT2D eigenvalue weighted by Crippen LogP contribution is -2.05. The summed E-state index contributed by atoms with van der Waals surface area (Å²) in [5, 5.41) is 8.59. The highest BCUT2D eigenvalue weighted by Gasteiger charge is 2.27. The second-order valence-electron chi connectivity index (χ2n) is 2.56. The van der Waals surface area contributed by atoms with Gasteiger partial charge in [-0.15, -0.1) is 0 Å². The van der Waals surface area contributed by atoms with Gasteiger partial charge in [-0.25, -0.2) is 22.2 Å². The van der Waals surface area contributed by atoms with Crippen LogP contribution in [-0.4, -0.2) is 13.4 Å². The van der Waals surface area contributed by atoms with Crippen LogP contribution in [0, 0.1) is 15.0 Å². The molecule has 0 atom stereocenters. The first-order valence-electron chi connectivity index (χ1n) is 3.60. The normalized spacial score (nSPS) is 11.5. The van der Waals surface area contributed by atoms with E-state index in [4.69, 9.17) is 15.9 Å². The Kier molecular flexibility index (Phi) is 4.03. The fraction of sp³-hybridized carbons (Fsp3) is 0.143. The van der Waals surface area contributed by atoms with Gasteiger partial charge in [-0.3, -0.25) is 0 Å². The highest BCUT2D eigenvalue weighted by molar-refractivity contribution is 14.1. The molecule has 0 N–H and O–H groups in total. The summed E-state index contributed by atoms with van der Waals surface area (Å²) >= 11 is 1.60. The van der Waals surface area contributed by atoms with Gasteiger partial charge < -0.3 is 0 Å². The second kappa shape index (κ2) is 4.77. The Bertz CT molecular complexity index is 570. The standard InChI is InChI=1S/C7H2ClF2IN2O2S/c8-16(14,15)4-1-5(11)13-3(2-12)6(4)7(9)10/h1,7H. The molecule has 9 heteroatoms. The summed E-state index contributed by atoms with van der Waals surface area (Å²) in [4.78, 5) is 2.73. The van der Waals surface area contributed by atoms with Gasteiger partial charge in [0.15, 0.2) is 5.69 Å². The van der Waals surface area contributed by atoms with Crippen LogP contribution in [0.2, 0.25) is 0 Å². The molecular weight excluding hydrogens is 377 g/mol. The lowest BCUT2D eigenvalue weighted by Gasteiger charge is -2.07. The zero-order chi connectivity index (χ0) is 12.5. The van der Waals surface area contributed by atoms with Crippen molar-refractivity contribution in [1.82, 2.24) is 4.98 Å². The van der Waals surface area contributed by atoms with Crippen LogP contribution in [0.1, 0.15) is 17.7 Å². The summed E-state index contributed by atoms with van der Waals surface area (Å²) in [6.45, 7) is 0. The average molecular weight is 379 g/mol. The summed E-state index contributed by atoms with van der Waals surface area (Å²) in [5.74, 6) is 0. The zero-order valence-electron chi connectivity index (χ0n) is 7.29. The Balaban J connectivity index is 3.73. The lowest BCUT2D eigenvalue weighted by molar-refractivity contribution is 0.147. The summed E-state index contributed by atoms with van der Waals surface area (Å²) in [6.07, 6.45) is -3.14. The van der Waals surface area contributed by atoms with Crippen molar-refractivity contribution in [3.05, 3.63) is 21.0 Å². The average Bonchev–Trinajstić information content (AvgIpc) is 2.14. The van der Waals surface area contributed by atoms with Crippen molar-refractivity contribution >= 4 is 42.3 Å². The minimum atomic E-state index is -4.34. The van der Waals surface area contributed by atoms with Crippen molar-refractivity contribution < 1.29 is 17.2 Å². The van der Waals surface area contributed by atoms with Crippen LogP contribution in [0.5, 0.6) is 0 Å². The maximum absolute atomic E-state index is 12.6. The minimum Gasteiger partial charge on any atom is -0.231 e. The number of halogens is 4. The quantitative estimate of drug-likeness (QED) is 0.450. The number of pyridine rings is 1. The topological polar surface area (TPSA) is 70.8 Å². The molecule has 1 aromatic rings. The zero-order valence-corrected chi connectivity index (χ0v) is 11.0. The molecular formula is C7H2ClF2IN2O2S. The van der Waals surface area contributed by atoms with E-state index in [0.717, 1.165) is 6.07 Å². The van der Waals surface area contributed by atoms with Gasteiger partial charge in [0.1, 0.15) is 9.77 Å². The number of nitriles is 1. The predicted octanol–water partition coefficient (Wildman–Crippen LogP) is 2.42. The molecule has 0 radical (unpaired) electrons. The lowest BCUT2D eigenvalue weighted by atomic mass is 10.2. The highest BCUT2D eigenvalue weighted by Crippen LogP contribution is 2.31. The van der Waals surface area contributed by atoms with E-state index in [1.54, 1.807) is 22.6 Å². The molecule has 0 saturated heterocycles. The van der Waals surface area contributed by atoms with Gasteiger partial charge in [-0.05, 0) is 28.7 Å². The van der Waals surface area contributed by atoms with E-state index >= 15 is 0 Å². The van der Waals surface area contributed by atoms with Crippen molar-refractivity contribution in [3.63, 3.8) is 0 Å². The third kappa shape index (κ3) is 2.78. The van der Waals surface area contributed by atoms with E-state index < -0.39 is 31.6 Å². The maximum atomic E-state index is 12.6. The highest BCUT2D eigenvalue weighted by atomic mass is 127. The minimum absolute atomic E-state index is 0.0952. The monoisotopic (exact) mass is 378 g/mol. The van der Waals surface area contributed by atoms with Crippen LogP contribution in [0.4, 0.5) is 8.78 Å². The molecule has 0 saturated carbocycles. The molecule has 0 spiro atoms. The molecule has 0 aliphatic rings. The molecule has 0 aromatic carbocycles. The number of nitrogens with zero attached hydrogens (tertiary/aromatic N) is 2. The number of aromatic nitrogens is 1. The van der Waals surface area contributed by atoms with Gasteiger partial charge in [0.2, 0.25) is 0 Å². The van der Waals surface area contributed by atoms with E-state index in [1.807, 2.05) is 0 Å². The molecule has 16 heavy (non-hydrogen) atoms. The van der Waals surface area contributed by atoms with Gasteiger partial charge >= 0.3 is 0 Å². The summed E-state index contributed by atoms with van der Waals surface area (Å²) < 4.78 is 47.5. The molecule has 1 aromatic heterocycles. The number of rotatable bonds is 2. The largest absolute Gasteiger partial charge is 0.267 e. The number of alkyl halides is 2. The number of hydrogen-bond donors (Lipinski definition) is 0. The van der Waals surface area contributed by atoms with Gasteiger partial charge in [0.05, 0.1) is 10.5 Å². The molecule has 0 aliphatic heterocycles. The summed E-state index contributed by atoms with van der Waals surface area (Å²) in [6, 6.07) is 2.31. The predicted molar refractivity (Wildman–Crippen MR) is 59.7 cm³/mol. The molecule has 4 nitrogen and oxygen atoms in total. The SMILES string of the molecule is N#Cc1nc(I)cc(S(=O)(=O)Cl)c1C(F)F. The molecule has 0 bridgehead atoms. The third-order valence-electron chi connectivity index (χ3n) is 1.58. The first-order chi connectivity index (χ1) is 7.27. The van der Waals surface area contributed by atoms with Gasteiger partial charge in [0.25, 0.3) is 15.5 Å². The third-order valence-corrected chi connectivity index (χ3v) is 3.49. The van der Waals surface area contributed by atoms with Crippen LogP contribution >= 0.6 is 33.3 Å². The molecule has 86 valence electrons. The first-order valence-corrected chi connectivity index (χ1v) is 6.99. The molecule has 0 aliphatic carbocycles. The summed E-state index contributed by atoms with van der Waals surface area (Å²) in [7, 11) is 0.670. The van der Waals surface area contributed by atoms with Gasteiger partial charge in [0, 0.05) is 10.7 Å². The van der Waals surface area contributed by atoms with E-state index in [2.05, 4.69) is 4.98 Å². The molecule has 0 amide bonds. The van der Waals surface area contributed by atoms with Crippen LogP contribution in [0.25, 0.3) is 0 Å². The molecule has 0 fully saturated rings. The van der Waals surface area contributed by atoms with Gasteiger partial charge in [-0.2, -0.15) is 5.26 Å². The fourth-order valence-electron chi connectivity index (χ4n) is 1.000. The van der Waals surface area contributed by atoms with Crippen molar-refractivity contribution in [2.45, 2.75) is 11.3 Å². The van der Waals surface area contributed by atoms with E-state index in [-0.39, 0.29) is 3.70 Å². The summed E-state index contributed by atoms with van der Waals surface area (Å²) in [5.41, 5.74) is -1.60. The Morgan fingerprint density at radius 2 is 2.12 bits per heavy atom. The van der Waals surface area contributed by atoms with Crippen molar-refractivity contribution in [1.29, 1.82) is 5.26 Å². The van der Waals surface area contributed by atoms with Crippen LogP contribution in [0.15, 0.2) is 11.0 Å². The molecule has 1 rings (SSSR count).